The third-order valence-electron chi connectivity index (χ3n) is 4.93. The molecule has 1 fully saturated rings. The molecule has 1 aliphatic rings. The summed E-state index contributed by atoms with van der Waals surface area (Å²) in [5, 5.41) is 2.60. The maximum absolute atomic E-state index is 12.6. The van der Waals surface area contributed by atoms with Crippen LogP contribution in [0.25, 0.3) is 0 Å². The second-order valence-electron chi connectivity index (χ2n) is 7.48. The summed E-state index contributed by atoms with van der Waals surface area (Å²) in [5.41, 5.74) is 6.85. The van der Waals surface area contributed by atoms with E-state index < -0.39 is 6.04 Å². The molecule has 0 bridgehead atoms. The van der Waals surface area contributed by atoms with E-state index in [0.717, 1.165) is 5.56 Å². The molecule has 0 aliphatic carbocycles. The smallest absolute Gasteiger partial charge is 0.320 e. The van der Waals surface area contributed by atoms with Crippen LogP contribution >= 0.6 is 0 Å². The number of carbonyl (C=O) groups is 3. The molecule has 8 heteroatoms. The Balaban J connectivity index is 1.76. The van der Waals surface area contributed by atoms with Gasteiger partial charge in [0.25, 0.3) is 0 Å². The summed E-state index contributed by atoms with van der Waals surface area (Å²) in [6.45, 7) is 6.05. The molecule has 1 aromatic rings. The van der Waals surface area contributed by atoms with Gasteiger partial charge in [-0.3, -0.25) is 9.59 Å². The molecule has 1 aromatic carbocycles. The summed E-state index contributed by atoms with van der Waals surface area (Å²) < 4.78 is 0. The summed E-state index contributed by atoms with van der Waals surface area (Å²) in [6.07, 6.45) is 0. The number of urea groups is 1. The zero-order chi connectivity index (χ0) is 20.7. The number of nitrogens with one attached hydrogen (secondary N) is 1. The van der Waals surface area contributed by atoms with Crippen LogP contribution in [0.15, 0.2) is 30.3 Å². The van der Waals surface area contributed by atoms with E-state index in [1.165, 1.54) is 0 Å². The molecule has 1 heterocycles. The van der Waals surface area contributed by atoms with Crippen molar-refractivity contribution in [3.05, 3.63) is 35.9 Å². The fraction of sp³-hybridized carbons (Fsp3) is 0.550. The van der Waals surface area contributed by atoms with Gasteiger partial charge in [-0.2, -0.15) is 0 Å². The number of nitrogens with two attached hydrogens (primary N) is 1. The van der Waals surface area contributed by atoms with Gasteiger partial charge in [0, 0.05) is 39.8 Å². The minimum atomic E-state index is -0.623. The standard InChI is InChI=1S/C20H31N5O3/c1-15(2)18(21)19(27)22-13-17(26)24-9-11-25(12-10-24)20(28)23(3)14-16-7-5-4-6-8-16/h4-8,15,18H,9-14,21H2,1-3H3,(H,22,27)/t18-/m0/s1. The summed E-state index contributed by atoms with van der Waals surface area (Å²) in [6, 6.07) is 9.14. The highest BCUT2D eigenvalue weighted by atomic mass is 16.2. The van der Waals surface area contributed by atoms with E-state index in [9.17, 15) is 14.4 Å². The third-order valence-corrected chi connectivity index (χ3v) is 4.93. The van der Waals surface area contributed by atoms with E-state index >= 15 is 0 Å². The van der Waals surface area contributed by atoms with Gasteiger partial charge >= 0.3 is 6.03 Å². The average Bonchev–Trinajstić information content (AvgIpc) is 2.71. The van der Waals surface area contributed by atoms with Gasteiger partial charge in [-0.1, -0.05) is 44.2 Å². The van der Waals surface area contributed by atoms with Gasteiger partial charge in [-0.25, -0.2) is 4.79 Å². The highest BCUT2D eigenvalue weighted by Gasteiger charge is 2.26. The zero-order valence-corrected chi connectivity index (χ0v) is 16.9. The van der Waals surface area contributed by atoms with Gasteiger partial charge in [0.05, 0.1) is 12.6 Å². The number of piperazine rings is 1. The Morgan fingerprint density at radius 3 is 2.21 bits per heavy atom. The number of nitrogens with zero attached hydrogens (tertiary/aromatic N) is 3. The fourth-order valence-corrected chi connectivity index (χ4v) is 3.01. The lowest BCUT2D eigenvalue weighted by molar-refractivity contribution is -0.134. The number of amides is 4. The monoisotopic (exact) mass is 389 g/mol. The lowest BCUT2D eigenvalue weighted by Gasteiger charge is -2.36. The van der Waals surface area contributed by atoms with Crippen molar-refractivity contribution in [1.82, 2.24) is 20.0 Å². The SMILES string of the molecule is CC(C)[C@H](N)C(=O)NCC(=O)N1CCN(C(=O)N(C)Cc2ccccc2)CC1. The normalized spacial score (nSPS) is 15.3. The average molecular weight is 390 g/mol. The molecule has 1 atom stereocenters. The number of hydrogen-bond donors (Lipinski definition) is 2. The molecule has 154 valence electrons. The van der Waals surface area contributed by atoms with Crippen molar-refractivity contribution < 1.29 is 14.4 Å². The first kappa shape index (κ1) is 21.7. The van der Waals surface area contributed by atoms with Crippen molar-refractivity contribution in [2.75, 3.05) is 39.8 Å². The molecule has 0 saturated carbocycles. The Labute approximate surface area is 166 Å². The molecular formula is C20H31N5O3. The van der Waals surface area contributed by atoms with Crippen molar-refractivity contribution in [3.63, 3.8) is 0 Å². The summed E-state index contributed by atoms with van der Waals surface area (Å²) in [4.78, 5) is 41.9. The van der Waals surface area contributed by atoms with E-state index in [1.54, 1.807) is 21.7 Å². The Hall–Kier alpha value is -2.61. The van der Waals surface area contributed by atoms with Crippen LogP contribution in [-0.4, -0.2) is 78.4 Å². The van der Waals surface area contributed by atoms with Gasteiger partial charge in [0.2, 0.25) is 11.8 Å². The quantitative estimate of drug-likeness (QED) is 0.739. The highest BCUT2D eigenvalue weighted by molar-refractivity contribution is 5.87. The van der Waals surface area contributed by atoms with Crippen molar-refractivity contribution in [3.8, 4) is 0 Å². The maximum atomic E-state index is 12.6. The van der Waals surface area contributed by atoms with Crippen molar-refractivity contribution in [2.24, 2.45) is 11.7 Å². The minimum Gasteiger partial charge on any atom is -0.346 e. The Morgan fingerprint density at radius 1 is 1.07 bits per heavy atom. The third kappa shape index (κ3) is 5.95. The molecule has 0 aromatic heterocycles. The summed E-state index contributed by atoms with van der Waals surface area (Å²) in [5.74, 6) is -0.466. The van der Waals surface area contributed by atoms with Crippen LogP contribution in [0.5, 0.6) is 0 Å². The van der Waals surface area contributed by atoms with Crippen LogP contribution in [0.3, 0.4) is 0 Å². The summed E-state index contributed by atoms with van der Waals surface area (Å²) >= 11 is 0. The minimum absolute atomic E-state index is 0.0116. The van der Waals surface area contributed by atoms with Gasteiger partial charge in [-0.05, 0) is 11.5 Å². The van der Waals surface area contributed by atoms with E-state index in [1.807, 2.05) is 44.2 Å². The van der Waals surface area contributed by atoms with E-state index in [0.29, 0.717) is 32.7 Å². The zero-order valence-electron chi connectivity index (χ0n) is 16.9. The molecule has 3 N–H and O–H groups in total. The molecule has 0 radical (unpaired) electrons. The molecule has 1 aliphatic heterocycles. The topological polar surface area (TPSA) is 99.0 Å². The first-order chi connectivity index (χ1) is 13.3. The Morgan fingerprint density at radius 2 is 1.64 bits per heavy atom. The molecule has 28 heavy (non-hydrogen) atoms. The van der Waals surface area contributed by atoms with Gasteiger partial charge in [0.1, 0.15) is 0 Å². The van der Waals surface area contributed by atoms with E-state index in [-0.39, 0.29) is 30.3 Å². The van der Waals surface area contributed by atoms with Crippen LogP contribution in [0.2, 0.25) is 0 Å². The highest BCUT2D eigenvalue weighted by Crippen LogP contribution is 2.09. The fourth-order valence-electron chi connectivity index (χ4n) is 3.01. The van der Waals surface area contributed by atoms with Crippen molar-refractivity contribution >= 4 is 17.8 Å². The van der Waals surface area contributed by atoms with Crippen LogP contribution < -0.4 is 11.1 Å². The number of rotatable bonds is 6. The predicted molar refractivity (Wildman–Crippen MR) is 107 cm³/mol. The molecule has 0 unspecified atom stereocenters. The number of hydrogen-bond acceptors (Lipinski definition) is 4. The van der Waals surface area contributed by atoms with Crippen LogP contribution in [0.1, 0.15) is 19.4 Å². The lowest BCUT2D eigenvalue weighted by Crippen LogP contribution is -2.55. The summed E-state index contributed by atoms with van der Waals surface area (Å²) in [7, 11) is 1.78. The van der Waals surface area contributed by atoms with E-state index in [4.69, 9.17) is 5.73 Å². The Bertz CT molecular complexity index is 672. The van der Waals surface area contributed by atoms with Gasteiger partial charge in [-0.15, -0.1) is 0 Å². The Kier molecular flexibility index (Phi) is 7.80. The molecule has 4 amide bonds. The first-order valence-corrected chi connectivity index (χ1v) is 9.64. The molecule has 1 saturated heterocycles. The van der Waals surface area contributed by atoms with Crippen LogP contribution in [-0.2, 0) is 16.1 Å². The first-order valence-electron chi connectivity index (χ1n) is 9.64. The van der Waals surface area contributed by atoms with E-state index in [2.05, 4.69) is 5.32 Å². The molecule has 8 nitrogen and oxygen atoms in total. The van der Waals surface area contributed by atoms with Crippen molar-refractivity contribution in [1.29, 1.82) is 0 Å². The van der Waals surface area contributed by atoms with Gasteiger partial charge < -0.3 is 25.8 Å². The predicted octanol–water partition coefficient (Wildman–Crippen LogP) is 0.482. The van der Waals surface area contributed by atoms with Crippen molar-refractivity contribution in [2.45, 2.75) is 26.4 Å². The largest absolute Gasteiger partial charge is 0.346 e. The van der Waals surface area contributed by atoms with Crippen LogP contribution in [0.4, 0.5) is 4.79 Å². The second kappa shape index (κ2) is 10.1. The van der Waals surface area contributed by atoms with Crippen LogP contribution in [0, 0.1) is 5.92 Å². The molecular weight excluding hydrogens is 358 g/mol. The maximum Gasteiger partial charge on any atom is 0.320 e. The van der Waals surface area contributed by atoms with Gasteiger partial charge in [0.15, 0.2) is 0 Å². The molecule has 2 rings (SSSR count). The lowest BCUT2D eigenvalue weighted by atomic mass is 10.1. The second-order valence-corrected chi connectivity index (χ2v) is 7.48. The molecule has 0 spiro atoms. The number of benzene rings is 1. The number of carbonyl (C=O) groups excluding carboxylic acids is 3.